The lowest BCUT2D eigenvalue weighted by atomic mass is 10.1. The Labute approximate surface area is 95.4 Å². The Balaban J connectivity index is 2.08. The van der Waals surface area contributed by atoms with Crippen LogP contribution in [0.15, 0.2) is 16.7 Å². The van der Waals surface area contributed by atoms with Gasteiger partial charge in [0.05, 0.1) is 11.8 Å². The molecule has 0 saturated carbocycles. The number of aryl methyl sites for hydroxylation is 1. The largest absolute Gasteiger partial charge is 0.469 e. The third-order valence-electron chi connectivity index (χ3n) is 3.20. The Kier molecular flexibility index (Phi) is 3.29. The van der Waals surface area contributed by atoms with Crippen LogP contribution in [0.2, 0.25) is 0 Å². The van der Waals surface area contributed by atoms with Crippen LogP contribution in [0.5, 0.6) is 0 Å². The van der Waals surface area contributed by atoms with E-state index in [-0.39, 0.29) is 5.91 Å². The minimum Gasteiger partial charge on any atom is -0.469 e. The molecule has 2 heterocycles. The predicted molar refractivity (Wildman–Crippen MR) is 61.2 cm³/mol. The molecule has 1 aliphatic rings. The Bertz CT molecular complexity index is 373. The molecular weight excluding hydrogens is 204 g/mol. The summed E-state index contributed by atoms with van der Waals surface area (Å²) in [6.45, 7) is 4.25. The van der Waals surface area contributed by atoms with Crippen LogP contribution >= 0.6 is 0 Å². The molecule has 1 aromatic heterocycles. The van der Waals surface area contributed by atoms with Gasteiger partial charge in [0, 0.05) is 19.5 Å². The number of hydrogen-bond donors (Lipinski definition) is 1. The van der Waals surface area contributed by atoms with E-state index in [1.807, 2.05) is 11.8 Å². The Hall–Kier alpha value is -1.29. The summed E-state index contributed by atoms with van der Waals surface area (Å²) in [5.74, 6) is 1.32. The maximum Gasteiger partial charge on any atom is 0.257 e. The van der Waals surface area contributed by atoms with Crippen molar-refractivity contribution in [3.63, 3.8) is 0 Å². The first-order chi connectivity index (χ1) is 7.76. The van der Waals surface area contributed by atoms with Crippen molar-refractivity contribution in [2.45, 2.75) is 19.8 Å². The van der Waals surface area contributed by atoms with E-state index in [1.54, 1.807) is 12.3 Å². The summed E-state index contributed by atoms with van der Waals surface area (Å²) in [6, 6.07) is 1.76. The molecule has 0 radical (unpaired) electrons. The van der Waals surface area contributed by atoms with E-state index in [4.69, 9.17) is 10.2 Å². The van der Waals surface area contributed by atoms with Gasteiger partial charge in [-0.2, -0.15) is 0 Å². The van der Waals surface area contributed by atoms with Crippen LogP contribution in [0.1, 0.15) is 29.5 Å². The summed E-state index contributed by atoms with van der Waals surface area (Å²) in [6.07, 6.45) is 3.35. The van der Waals surface area contributed by atoms with Crippen molar-refractivity contribution < 1.29 is 9.21 Å². The Morgan fingerprint density at radius 3 is 3.12 bits per heavy atom. The third-order valence-corrected chi connectivity index (χ3v) is 3.20. The zero-order chi connectivity index (χ0) is 11.5. The molecule has 1 unspecified atom stereocenters. The summed E-state index contributed by atoms with van der Waals surface area (Å²) in [4.78, 5) is 14.1. The van der Waals surface area contributed by atoms with Gasteiger partial charge in [0.2, 0.25) is 0 Å². The second kappa shape index (κ2) is 4.70. The fourth-order valence-electron chi connectivity index (χ4n) is 2.18. The zero-order valence-electron chi connectivity index (χ0n) is 9.61. The minimum atomic E-state index is 0.0848. The number of nitrogens with two attached hydrogens (primary N) is 1. The highest BCUT2D eigenvalue weighted by Gasteiger charge is 2.27. The van der Waals surface area contributed by atoms with Crippen LogP contribution in [0, 0.1) is 5.92 Å². The minimum absolute atomic E-state index is 0.0848. The molecule has 1 fully saturated rings. The van der Waals surface area contributed by atoms with Gasteiger partial charge in [-0.3, -0.25) is 4.79 Å². The number of likely N-dealkylation sites (tertiary alicyclic amines) is 1. The third kappa shape index (κ3) is 1.97. The molecule has 4 heteroatoms. The maximum atomic E-state index is 12.2. The van der Waals surface area contributed by atoms with Crippen molar-refractivity contribution in [1.29, 1.82) is 0 Å². The molecule has 1 saturated heterocycles. The number of furan rings is 1. The summed E-state index contributed by atoms with van der Waals surface area (Å²) >= 11 is 0. The van der Waals surface area contributed by atoms with Gasteiger partial charge < -0.3 is 15.1 Å². The average molecular weight is 222 g/mol. The van der Waals surface area contributed by atoms with E-state index in [9.17, 15) is 4.79 Å². The van der Waals surface area contributed by atoms with Crippen molar-refractivity contribution in [3.8, 4) is 0 Å². The van der Waals surface area contributed by atoms with Crippen molar-refractivity contribution in [3.05, 3.63) is 23.7 Å². The van der Waals surface area contributed by atoms with Crippen LogP contribution < -0.4 is 5.73 Å². The highest BCUT2D eigenvalue weighted by Crippen LogP contribution is 2.20. The summed E-state index contributed by atoms with van der Waals surface area (Å²) in [5, 5.41) is 0. The number of nitrogens with zero attached hydrogens (tertiary/aromatic N) is 1. The fourth-order valence-corrected chi connectivity index (χ4v) is 2.18. The van der Waals surface area contributed by atoms with Gasteiger partial charge in [-0.15, -0.1) is 0 Å². The number of rotatable bonds is 3. The molecule has 1 aliphatic heterocycles. The number of amides is 1. The maximum absolute atomic E-state index is 12.2. The Morgan fingerprint density at radius 2 is 2.50 bits per heavy atom. The average Bonchev–Trinajstić information content (AvgIpc) is 2.96. The fraction of sp³-hybridized carbons (Fsp3) is 0.583. The van der Waals surface area contributed by atoms with E-state index in [0.717, 1.165) is 31.7 Å². The van der Waals surface area contributed by atoms with Crippen LogP contribution in [0.3, 0.4) is 0 Å². The SMILES string of the molecule is CCc1occc1C(=O)N1CCC(CN)C1. The lowest BCUT2D eigenvalue weighted by molar-refractivity contribution is 0.0785. The number of hydrogen-bond acceptors (Lipinski definition) is 3. The zero-order valence-corrected chi connectivity index (χ0v) is 9.61. The van der Waals surface area contributed by atoms with Crippen LogP contribution in [-0.2, 0) is 6.42 Å². The smallest absolute Gasteiger partial charge is 0.257 e. The second-order valence-electron chi connectivity index (χ2n) is 4.25. The van der Waals surface area contributed by atoms with Crippen LogP contribution in [-0.4, -0.2) is 30.4 Å². The summed E-state index contributed by atoms with van der Waals surface area (Å²) in [5.41, 5.74) is 6.32. The first-order valence-corrected chi connectivity index (χ1v) is 5.82. The van der Waals surface area contributed by atoms with Crippen LogP contribution in [0.4, 0.5) is 0 Å². The standard InChI is InChI=1S/C12H18N2O2/c1-2-11-10(4-6-16-11)12(15)14-5-3-9(7-13)8-14/h4,6,9H,2-3,5,7-8,13H2,1H3. The number of carbonyl (C=O) groups excluding carboxylic acids is 1. The van der Waals surface area contributed by atoms with E-state index in [1.165, 1.54) is 0 Å². The quantitative estimate of drug-likeness (QED) is 0.837. The molecule has 1 amide bonds. The van der Waals surface area contributed by atoms with Gasteiger partial charge in [-0.1, -0.05) is 6.92 Å². The Morgan fingerprint density at radius 1 is 1.69 bits per heavy atom. The molecule has 0 spiro atoms. The highest BCUT2D eigenvalue weighted by atomic mass is 16.3. The molecule has 4 nitrogen and oxygen atoms in total. The van der Waals surface area contributed by atoms with Crippen LogP contribution in [0.25, 0.3) is 0 Å². The van der Waals surface area contributed by atoms with E-state index >= 15 is 0 Å². The van der Waals surface area contributed by atoms with Gasteiger partial charge in [-0.05, 0) is 24.9 Å². The lowest BCUT2D eigenvalue weighted by Crippen LogP contribution is -2.30. The van der Waals surface area contributed by atoms with Gasteiger partial charge in [0.1, 0.15) is 5.76 Å². The van der Waals surface area contributed by atoms with E-state index in [2.05, 4.69) is 0 Å². The number of carbonyl (C=O) groups is 1. The van der Waals surface area contributed by atoms with Gasteiger partial charge in [-0.25, -0.2) is 0 Å². The van der Waals surface area contributed by atoms with Gasteiger partial charge in [0.15, 0.2) is 0 Å². The summed E-state index contributed by atoms with van der Waals surface area (Å²) in [7, 11) is 0. The predicted octanol–water partition coefficient (Wildman–Crippen LogP) is 1.26. The second-order valence-corrected chi connectivity index (χ2v) is 4.25. The van der Waals surface area contributed by atoms with Gasteiger partial charge in [0.25, 0.3) is 5.91 Å². The first kappa shape index (κ1) is 11.2. The summed E-state index contributed by atoms with van der Waals surface area (Å²) < 4.78 is 5.28. The van der Waals surface area contributed by atoms with E-state index < -0.39 is 0 Å². The normalized spacial score (nSPS) is 20.4. The highest BCUT2D eigenvalue weighted by molar-refractivity contribution is 5.95. The molecule has 2 N–H and O–H groups in total. The van der Waals surface area contributed by atoms with Gasteiger partial charge >= 0.3 is 0 Å². The molecule has 88 valence electrons. The van der Waals surface area contributed by atoms with Crippen molar-refractivity contribution in [2.24, 2.45) is 11.7 Å². The molecular formula is C12H18N2O2. The van der Waals surface area contributed by atoms with Crippen molar-refractivity contribution in [1.82, 2.24) is 4.90 Å². The molecule has 1 atom stereocenters. The first-order valence-electron chi connectivity index (χ1n) is 5.82. The molecule has 0 bridgehead atoms. The molecule has 16 heavy (non-hydrogen) atoms. The van der Waals surface area contributed by atoms with Crippen molar-refractivity contribution >= 4 is 5.91 Å². The van der Waals surface area contributed by atoms with Crippen molar-refractivity contribution in [2.75, 3.05) is 19.6 Å². The monoisotopic (exact) mass is 222 g/mol. The topological polar surface area (TPSA) is 59.5 Å². The lowest BCUT2D eigenvalue weighted by Gasteiger charge is -2.15. The molecule has 2 rings (SSSR count). The molecule has 0 aliphatic carbocycles. The molecule has 0 aromatic carbocycles. The van der Waals surface area contributed by atoms with E-state index in [0.29, 0.717) is 18.0 Å². The molecule has 1 aromatic rings.